The minimum atomic E-state index is 0.162. The van der Waals surface area contributed by atoms with Gasteiger partial charge in [-0.1, -0.05) is 72.8 Å². The average molecular weight is 454 g/mol. The van der Waals surface area contributed by atoms with Gasteiger partial charge in [0.15, 0.2) is 0 Å². The van der Waals surface area contributed by atoms with E-state index in [0.717, 1.165) is 48.8 Å². The van der Waals surface area contributed by atoms with Gasteiger partial charge >= 0.3 is 0 Å². The molecule has 0 spiro atoms. The van der Waals surface area contributed by atoms with Crippen LogP contribution in [0.3, 0.4) is 0 Å². The zero-order valence-electron chi connectivity index (χ0n) is 19.3. The van der Waals surface area contributed by atoms with Crippen molar-refractivity contribution in [3.63, 3.8) is 0 Å². The summed E-state index contributed by atoms with van der Waals surface area (Å²) in [6.07, 6.45) is 0.687. The third kappa shape index (κ3) is 4.88. The summed E-state index contributed by atoms with van der Waals surface area (Å²) in [4.78, 5) is 14.6. The van der Waals surface area contributed by atoms with Crippen LogP contribution >= 0.6 is 0 Å². The fraction of sp³-hybridized carbons (Fsp3) is 0.286. The first kappa shape index (κ1) is 22.3. The molecule has 1 fully saturated rings. The highest BCUT2D eigenvalue weighted by Crippen LogP contribution is 2.30. The predicted octanol–water partition coefficient (Wildman–Crippen LogP) is 4.34. The monoisotopic (exact) mass is 453 g/mol. The number of rotatable bonds is 8. The Balaban J connectivity index is 1.37. The summed E-state index contributed by atoms with van der Waals surface area (Å²) < 4.78 is 0. The number of nitrogens with zero attached hydrogens (tertiary/aromatic N) is 4. The SMILES string of the molecule is OCCCNc1nc(N2CCN(C(c3ccccc3)c3ccccc3)CC2)nc2ccccc12. The highest BCUT2D eigenvalue weighted by Gasteiger charge is 2.27. The summed E-state index contributed by atoms with van der Waals surface area (Å²) in [6, 6.07) is 29.9. The van der Waals surface area contributed by atoms with Gasteiger partial charge in [-0.3, -0.25) is 4.90 Å². The van der Waals surface area contributed by atoms with E-state index in [-0.39, 0.29) is 12.6 Å². The van der Waals surface area contributed by atoms with E-state index in [9.17, 15) is 0 Å². The Morgan fingerprint density at radius 3 is 2.03 bits per heavy atom. The molecule has 0 amide bonds. The molecule has 0 aliphatic carbocycles. The molecule has 3 aromatic carbocycles. The van der Waals surface area contributed by atoms with Crippen LogP contribution in [0.1, 0.15) is 23.6 Å². The molecule has 1 aliphatic rings. The van der Waals surface area contributed by atoms with E-state index in [1.807, 2.05) is 24.3 Å². The largest absolute Gasteiger partial charge is 0.396 e. The Bertz CT molecular complexity index is 1150. The molecule has 0 unspecified atom stereocenters. The normalized spacial score (nSPS) is 14.6. The average Bonchev–Trinajstić information content (AvgIpc) is 2.90. The van der Waals surface area contributed by atoms with Crippen molar-refractivity contribution in [3.8, 4) is 0 Å². The third-order valence-corrected chi connectivity index (χ3v) is 6.41. The fourth-order valence-corrected chi connectivity index (χ4v) is 4.69. The van der Waals surface area contributed by atoms with Crippen LogP contribution in [0.4, 0.5) is 11.8 Å². The number of benzene rings is 3. The number of para-hydroxylation sites is 1. The molecule has 5 rings (SSSR count). The molecular formula is C28H31N5O. The second kappa shape index (κ2) is 10.6. The van der Waals surface area contributed by atoms with E-state index in [4.69, 9.17) is 15.1 Å². The van der Waals surface area contributed by atoms with E-state index in [1.54, 1.807) is 0 Å². The van der Waals surface area contributed by atoms with Gasteiger partial charge < -0.3 is 15.3 Å². The zero-order valence-corrected chi connectivity index (χ0v) is 19.3. The van der Waals surface area contributed by atoms with Gasteiger partial charge in [-0.15, -0.1) is 0 Å². The first-order valence-electron chi connectivity index (χ1n) is 12.0. The Hall–Kier alpha value is -3.48. The van der Waals surface area contributed by atoms with Gasteiger partial charge in [0.05, 0.1) is 11.6 Å². The van der Waals surface area contributed by atoms with Crippen LogP contribution in [-0.2, 0) is 0 Å². The summed E-state index contributed by atoms with van der Waals surface area (Å²) in [6.45, 7) is 4.43. The zero-order chi connectivity index (χ0) is 23.2. The molecule has 0 atom stereocenters. The van der Waals surface area contributed by atoms with Crippen LogP contribution in [-0.4, -0.2) is 59.3 Å². The lowest BCUT2D eigenvalue weighted by Gasteiger charge is -2.40. The number of aromatic nitrogens is 2. The molecule has 1 aliphatic heterocycles. The van der Waals surface area contributed by atoms with Crippen molar-refractivity contribution in [2.24, 2.45) is 0 Å². The Morgan fingerprint density at radius 1 is 0.765 bits per heavy atom. The Labute approximate surface area is 200 Å². The van der Waals surface area contributed by atoms with Crippen molar-refractivity contribution in [2.75, 3.05) is 49.5 Å². The summed E-state index contributed by atoms with van der Waals surface area (Å²) >= 11 is 0. The van der Waals surface area contributed by atoms with Crippen LogP contribution in [0, 0.1) is 0 Å². The van der Waals surface area contributed by atoms with Crippen LogP contribution in [0.5, 0.6) is 0 Å². The highest BCUT2D eigenvalue weighted by atomic mass is 16.3. The molecule has 6 nitrogen and oxygen atoms in total. The van der Waals surface area contributed by atoms with E-state index in [1.165, 1.54) is 11.1 Å². The predicted molar refractivity (Wildman–Crippen MR) is 138 cm³/mol. The van der Waals surface area contributed by atoms with Gasteiger partial charge in [-0.2, -0.15) is 4.98 Å². The Kier molecular flexibility index (Phi) is 6.98. The molecule has 6 heteroatoms. The van der Waals surface area contributed by atoms with Gasteiger partial charge in [0.1, 0.15) is 5.82 Å². The number of piperazine rings is 1. The molecule has 174 valence electrons. The van der Waals surface area contributed by atoms with Crippen molar-refractivity contribution < 1.29 is 5.11 Å². The number of fused-ring (bicyclic) bond motifs is 1. The van der Waals surface area contributed by atoms with Crippen molar-refractivity contribution in [1.82, 2.24) is 14.9 Å². The second-order valence-electron chi connectivity index (χ2n) is 8.64. The molecule has 2 heterocycles. The maximum Gasteiger partial charge on any atom is 0.227 e. The minimum Gasteiger partial charge on any atom is -0.396 e. The lowest BCUT2D eigenvalue weighted by atomic mass is 9.96. The molecule has 0 radical (unpaired) electrons. The van der Waals surface area contributed by atoms with E-state index in [0.29, 0.717) is 13.0 Å². The van der Waals surface area contributed by atoms with Crippen LogP contribution in [0.2, 0.25) is 0 Å². The summed E-state index contributed by atoms with van der Waals surface area (Å²) in [5.41, 5.74) is 3.58. The van der Waals surface area contributed by atoms with Gasteiger partial charge in [0, 0.05) is 44.7 Å². The molecule has 0 saturated carbocycles. The first-order chi connectivity index (χ1) is 16.8. The topological polar surface area (TPSA) is 64.5 Å². The standard InChI is InChI=1S/C28H31N5O/c34-21-9-16-29-27-24-14-7-8-15-25(24)30-28(31-27)33-19-17-32(18-20-33)26(22-10-3-1-4-11-22)23-12-5-2-6-13-23/h1-8,10-15,26,34H,9,16-21H2,(H,29,30,31). The molecular weight excluding hydrogens is 422 g/mol. The smallest absolute Gasteiger partial charge is 0.227 e. The maximum absolute atomic E-state index is 9.16. The van der Waals surface area contributed by atoms with E-state index >= 15 is 0 Å². The minimum absolute atomic E-state index is 0.162. The Morgan fingerprint density at radius 2 is 1.38 bits per heavy atom. The number of anilines is 2. The number of nitrogens with one attached hydrogen (secondary N) is 1. The molecule has 2 N–H and O–H groups in total. The number of aliphatic hydroxyl groups excluding tert-OH is 1. The van der Waals surface area contributed by atoms with Gasteiger partial charge in [-0.25, -0.2) is 4.98 Å². The van der Waals surface area contributed by atoms with Crippen molar-refractivity contribution in [2.45, 2.75) is 12.5 Å². The number of hydrogen-bond acceptors (Lipinski definition) is 6. The van der Waals surface area contributed by atoms with Crippen LogP contribution < -0.4 is 10.2 Å². The number of aliphatic hydroxyl groups is 1. The number of hydrogen-bond donors (Lipinski definition) is 2. The lowest BCUT2D eigenvalue weighted by molar-refractivity contribution is 0.211. The van der Waals surface area contributed by atoms with Crippen molar-refractivity contribution in [1.29, 1.82) is 0 Å². The van der Waals surface area contributed by atoms with Crippen LogP contribution in [0.15, 0.2) is 84.9 Å². The third-order valence-electron chi connectivity index (χ3n) is 6.41. The van der Waals surface area contributed by atoms with Gasteiger partial charge in [0.25, 0.3) is 0 Å². The fourth-order valence-electron chi connectivity index (χ4n) is 4.69. The van der Waals surface area contributed by atoms with Crippen LogP contribution in [0.25, 0.3) is 10.9 Å². The quantitative estimate of drug-likeness (QED) is 0.387. The van der Waals surface area contributed by atoms with Crippen molar-refractivity contribution >= 4 is 22.7 Å². The molecule has 34 heavy (non-hydrogen) atoms. The van der Waals surface area contributed by atoms with Crippen molar-refractivity contribution in [3.05, 3.63) is 96.1 Å². The van der Waals surface area contributed by atoms with Gasteiger partial charge in [-0.05, 0) is 29.7 Å². The first-order valence-corrected chi connectivity index (χ1v) is 12.0. The maximum atomic E-state index is 9.16. The summed E-state index contributed by atoms with van der Waals surface area (Å²) in [5.74, 6) is 1.60. The van der Waals surface area contributed by atoms with E-state index < -0.39 is 0 Å². The molecule has 1 aromatic heterocycles. The summed E-state index contributed by atoms with van der Waals surface area (Å²) in [7, 11) is 0. The molecule has 1 saturated heterocycles. The molecule has 4 aromatic rings. The summed E-state index contributed by atoms with van der Waals surface area (Å²) in [5, 5.41) is 13.6. The second-order valence-corrected chi connectivity index (χ2v) is 8.64. The highest BCUT2D eigenvalue weighted by molar-refractivity contribution is 5.90. The molecule has 0 bridgehead atoms. The van der Waals surface area contributed by atoms with Gasteiger partial charge in [0.2, 0.25) is 5.95 Å². The van der Waals surface area contributed by atoms with E-state index in [2.05, 4.69) is 75.8 Å². The lowest BCUT2D eigenvalue weighted by Crippen LogP contribution is -2.48.